The number of anilines is 1. The van der Waals surface area contributed by atoms with E-state index < -0.39 is 7.82 Å². The van der Waals surface area contributed by atoms with E-state index in [0.29, 0.717) is 11.5 Å². The van der Waals surface area contributed by atoms with E-state index in [4.69, 9.17) is 20.3 Å². The molecule has 0 saturated carbocycles. The molecule has 2 atom stereocenters. The highest BCUT2D eigenvalue weighted by Gasteiger charge is 2.27. The summed E-state index contributed by atoms with van der Waals surface area (Å²) in [5.74, 6) is 1.44. The Morgan fingerprint density at radius 3 is 2.74 bits per heavy atom. The first-order chi connectivity index (χ1) is 16.7. The molecule has 0 bridgehead atoms. The standard InChI is InChI=1S/C15H20N4S.C9H19O5P/c1-3-17-13-11(2)18-15(19-14(13)16)20-10-9-12-7-5-4-6-8-12;1-2-3-4-8-5-6-9(14-8)7-13-15(10,11)12/h3-5,7H,6,8-10H2,1-2H3,(H2,16,18,19);8-9H,2-7H2,1H3,(H2,10,11,12)/t;8-,9?/m.0/s1. The number of thioether (sulfide) groups is 1. The van der Waals surface area contributed by atoms with Gasteiger partial charge in [0.25, 0.3) is 0 Å². The summed E-state index contributed by atoms with van der Waals surface area (Å²) in [6.07, 6.45) is 16.9. The minimum absolute atomic E-state index is 0.00704. The maximum Gasteiger partial charge on any atom is 0.469 e. The molecule has 196 valence electrons. The number of rotatable bonds is 11. The molecule has 1 unspecified atom stereocenters. The van der Waals surface area contributed by atoms with Crippen LogP contribution in [0.2, 0.25) is 0 Å². The molecule has 2 aliphatic rings. The van der Waals surface area contributed by atoms with Crippen molar-refractivity contribution in [2.45, 2.75) is 89.5 Å². The lowest BCUT2D eigenvalue weighted by Crippen LogP contribution is -2.16. The van der Waals surface area contributed by atoms with Gasteiger partial charge in [-0.1, -0.05) is 55.3 Å². The number of nitrogen functional groups attached to an aromatic ring is 1. The zero-order valence-corrected chi connectivity index (χ0v) is 22.6. The van der Waals surface area contributed by atoms with Gasteiger partial charge < -0.3 is 20.3 Å². The molecule has 1 fully saturated rings. The Labute approximate surface area is 213 Å². The number of unbranched alkanes of at least 4 members (excludes halogenated alkanes) is 1. The molecule has 11 heteroatoms. The Bertz CT molecular complexity index is 911. The average molecular weight is 527 g/mol. The lowest BCUT2D eigenvalue weighted by molar-refractivity contribution is 0.00707. The quantitative estimate of drug-likeness (QED) is 0.144. The number of ether oxygens (including phenoxy) is 1. The number of aryl methyl sites for hydroxylation is 1. The Hall–Kier alpha value is -1.55. The number of hydrogen-bond donors (Lipinski definition) is 3. The van der Waals surface area contributed by atoms with Crippen molar-refractivity contribution >= 4 is 37.3 Å². The van der Waals surface area contributed by atoms with Crippen LogP contribution in [0.3, 0.4) is 0 Å². The third-order valence-electron chi connectivity index (χ3n) is 5.58. The third kappa shape index (κ3) is 11.8. The predicted molar refractivity (Wildman–Crippen MR) is 142 cm³/mol. The van der Waals surface area contributed by atoms with Crippen molar-refractivity contribution in [3.05, 3.63) is 29.5 Å². The molecule has 1 aromatic heterocycles. The zero-order chi connectivity index (χ0) is 25.7. The second-order valence-corrected chi connectivity index (χ2v) is 10.8. The lowest BCUT2D eigenvalue weighted by Gasteiger charge is -2.13. The number of hydrogen-bond acceptors (Lipinski definition) is 8. The van der Waals surface area contributed by atoms with Gasteiger partial charge >= 0.3 is 7.82 Å². The van der Waals surface area contributed by atoms with E-state index in [0.717, 1.165) is 61.5 Å². The van der Waals surface area contributed by atoms with Crippen LogP contribution in [0.5, 0.6) is 0 Å². The van der Waals surface area contributed by atoms with Gasteiger partial charge in [-0.3, -0.25) is 9.52 Å². The van der Waals surface area contributed by atoms with Crippen molar-refractivity contribution in [2.75, 3.05) is 18.1 Å². The number of nitrogens with two attached hydrogens (primary N) is 1. The van der Waals surface area contributed by atoms with Gasteiger partial charge in [0.1, 0.15) is 5.69 Å². The summed E-state index contributed by atoms with van der Waals surface area (Å²) in [5.41, 5.74) is 8.93. The molecule has 9 nitrogen and oxygen atoms in total. The summed E-state index contributed by atoms with van der Waals surface area (Å²) in [4.78, 5) is 30.0. The molecule has 2 heterocycles. The van der Waals surface area contributed by atoms with Crippen molar-refractivity contribution in [3.63, 3.8) is 0 Å². The second kappa shape index (κ2) is 15.5. The van der Waals surface area contributed by atoms with E-state index in [2.05, 4.69) is 44.6 Å². The molecule has 0 spiro atoms. The molecule has 0 aromatic carbocycles. The number of phosphoric ester groups is 1. The molecular formula is C24H39N4O5PS. The fourth-order valence-corrected chi connectivity index (χ4v) is 5.05. The van der Waals surface area contributed by atoms with Gasteiger partial charge in [-0.25, -0.2) is 14.5 Å². The van der Waals surface area contributed by atoms with E-state index in [1.54, 1.807) is 18.0 Å². The topological polar surface area (TPSA) is 140 Å². The summed E-state index contributed by atoms with van der Waals surface area (Å²) < 4.78 is 20.5. The first kappa shape index (κ1) is 29.7. The molecule has 0 radical (unpaired) electrons. The minimum Gasteiger partial charge on any atom is -0.382 e. The Balaban J connectivity index is 0.000000258. The summed E-state index contributed by atoms with van der Waals surface area (Å²) in [7, 11) is -4.34. The van der Waals surface area contributed by atoms with Crippen LogP contribution in [-0.4, -0.2) is 50.5 Å². The molecule has 35 heavy (non-hydrogen) atoms. The highest BCUT2D eigenvalue weighted by Crippen LogP contribution is 2.37. The monoisotopic (exact) mass is 526 g/mol. The van der Waals surface area contributed by atoms with Crippen molar-refractivity contribution in [1.82, 2.24) is 9.97 Å². The van der Waals surface area contributed by atoms with Gasteiger partial charge in [0.05, 0.1) is 24.5 Å². The summed E-state index contributed by atoms with van der Waals surface area (Å²) in [6, 6.07) is 0. The van der Waals surface area contributed by atoms with Crippen LogP contribution in [0.15, 0.2) is 34.0 Å². The molecule has 3 rings (SSSR count). The van der Waals surface area contributed by atoms with Gasteiger partial charge in [-0.05, 0) is 52.4 Å². The van der Waals surface area contributed by atoms with Gasteiger partial charge in [0.15, 0.2) is 11.0 Å². The smallest absolute Gasteiger partial charge is 0.382 e. The van der Waals surface area contributed by atoms with E-state index in [1.807, 2.05) is 13.8 Å². The number of phosphoric acid groups is 1. The van der Waals surface area contributed by atoms with E-state index >= 15 is 0 Å². The van der Waals surface area contributed by atoms with Crippen molar-refractivity contribution in [2.24, 2.45) is 4.99 Å². The normalized spacial score (nSPS) is 20.1. The van der Waals surface area contributed by atoms with Crippen LogP contribution >= 0.6 is 19.6 Å². The van der Waals surface area contributed by atoms with Crippen LogP contribution < -0.4 is 5.73 Å². The average Bonchev–Trinajstić information content (AvgIpc) is 3.27. The van der Waals surface area contributed by atoms with Crippen LogP contribution in [0.4, 0.5) is 11.5 Å². The molecule has 1 aliphatic carbocycles. The maximum atomic E-state index is 10.5. The number of aliphatic imine (C=N–C) groups is 1. The largest absolute Gasteiger partial charge is 0.469 e. The fourth-order valence-electron chi connectivity index (χ4n) is 3.78. The first-order valence-corrected chi connectivity index (χ1v) is 14.7. The molecule has 1 saturated heterocycles. The highest BCUT2D eigenvalue weighted by molar-refractivity contribution is 7.99. The number of nitrogens with zero attached hydrogens (tertiary/aromatic N) is 3. The van der Waals surface area contributed by atoms with Crippen molar-refractivity contribution in [1.29, 1.82) is 0 Å². The summed E-state index contributed by atoms with van der Waals surface area (Å²) in [5, 5.41) is 0.738. The predicted octanol–water partition coefficient (Wildman–Crippen LogP) is 5.68. The van der Waals surface area contributed by atoms with Gasteiger partial charge in [-0.15, -0.1) is 0 Å². The molecule has 1 aromatic rings. The Morgan fingerprint density at radius 2 is 2.11 bits per heavy atom. The van der Waals surface area contributed by atoms with Gasteiger partial charge in [0, 0.05) is 12.0 Å². The van der Waals surface area contributed by atoms with Gasteiger partial charge in [0.2, 0.25) is 0 Å². The van der Waals surface area contributed by atoms with E-state index in [1.165, 1.54) is 12.0 Å². The van der Waals surface area contributed by atoms with E-state index in [9.17, 15) is 4.57 Å². The van der Waals surface area contributed by atoms with Crippen LogP contribution in [0.1, 0.15) is 70.9 Å². The van der Waals surface area contributed by atoms with Crippen molar-refractivity contribution in [3.8, 4) is 0 Å². The Kier molecular flexibility index (Phi) is 13.2. The van der Waals surface area contributed by atoms with Crippen LogP contribution in [-0.2, 0) is 13.8 Å². The molecular weight excluding hydrogens is 487 g/mol. The van der Waals surface area contributed by atoms with E-state index in [-0.39, 0.29) is 18.8 Å². The third-order valence-corrected chi connectivity index (χ3v) is 6.92. The maximum absolute atomic E-state index is 10.5. The van der Waals surface area contributed by atoms with Crippen molar-refractivity contribution < 1.29 is 23.6 Å². The highest BCUT2D eigenvalue weighted by atomic mass is 32.2. The summed E-state index contributed by atoms with van der Waals surface area (Å²) in [6.45, 7) is 5.89. The summed E-state index contributed by atoms with van der Waals surface area (Å²) >= 11 is 1.65. The SMILES string of the molecule is CC=Nc1c(C)nc(SCCC2=CC=CCC2)nc1N.CCCC[C@H]1CCC(COP(=O)(O)O)O1. The molecule has 1 aliphatic heterocycles. The number of allylic oxidation sites excluding steroid dienone is 4. The Morgan fingerprint density at radius 1 is 1.34 bits per heavy atom. The minimum atomic E-state index is -4.34. The second-order valence-electron chi connectivity index (χ2n) is 8.49. The van der Waals surface area contributed by atoms with Crippen LogP contribution in [0, 0.1) is 6.92 Å². The molecule has 4 N–H and O–H groups in total. The van der Waals surface area contributed by atoms with Crippen LogP contribution in [0.25, 0.3) is 0 Å². The number of aromatic nitrogens is 2. The zero-order valence-electron chi connectivity index (χ0n) is 20.9. The van der Waals surface area contributed by atoms with Gasteiger partial charge in [-0.2, -0.15) is 0 Å². The molecule has 0 amide bonds. The fraction of sp³-hybridized carbons (Fsp3) is 0.625. The first-order valence-electron chi connectivity index (χ1n) is 12.2. The lowest BCUT2D eigenvalue weighted by atomic mass is 10.0.